The quantitative estimate of drug-likeness (QED) is 0.349. The number of anilines is 1. The number of thiophene rings is 1. The standard InChI is InChI=1S/C28H26N2O3S/c1-16-8-11-18(12-9-16)23-15-21(19-6-4-5-7-22(19)29-23)26(31)30-27-25(28(32)33-3)20-13-10-17(2)14-24(20)34-27/h4-9,11-12,15,17H,10,13-14H2,1-3H3,(H,30,31). The number of amides is 1. The zero-order valence-corrected chi connectivity index (χ0v) is 20.3. The van der Waals surface area contributed by atoms with Crippen molar-refractivity contribution in [2.75, 3.05) is 12.4 Å². The van der Waals surface area contributed by atoms with E-state index in [-0.39, 0.29) is 5.91 Å². The van der Waals surface area contributed by atoms with Crippen LogP contribution < -0.4 is 5.32 Å². The van der Waals surface area contributed by atoms with E-state index in [9.17, 15) is 9.59 Å². The van der Waals surface area contributed by atoms with E-state index in [2.05, 4.69) is 12.2 Å². The number of rotatable bonds is 4. The van der Waals surface area contributed by atoms with Crippen LogP contribution in [-0.2, 0) is 17.6 Å². The average Bonchev–Trinajstić information content (AvgIpc) is 3.19. The Morgan fingerprint density at radius 1 is 1.12 bits per heavy atom. The van der Waals surface area contributed by atoms with E-state index in [0.29, 0.717) is 22.0 Å². The van der Waals surface area contributed by atoms with Crippen molar-refractivity contribution < 1.29 is 14.3 Å². The Balaban J connectivity index is 1.58. The normalized spacial score (nSPS) is 15.1. The number of nitrogens with zero attached hydrogens (tertiary/aromatic N) is 1. The van der Waals surface area contributed by atoms with E-state index < -0.39 is 5.97 Å². The number of methoxy groups -OCH3 is 1. The van der Waals surface area contributed by atoms with Gasteiger partial charge in [-0.05, 0) is 49.8 Å². The topological polar surface area (TPSA) is 68.3 Å². The zero-order valence-electron chi connectivity index (χ0n) is 19.5. The van der Waals surface area contributed by atoms with Gasteiger partial charge < -0.3 is 10.1 Å². The summed E-state index contributed by atoms with van der Waals surface area (Å²) in [5.41, 5.74) is 5.63. The molecule has 5 nitrogen and oxygen atoms in total. The number of fused-ring (bicyclic) bond motifs is 2. The molecule has 172 valence electrons. The van der Waals surface area contributed by atoms with Crippen molar-refractivity contribution in [1.82, 2.24) is 4.98 Å². The van der Waals surface area contributed by atoms with Crippen LogP contribution in [0, 0.1) is 12.8 Å². The van der Waals surface area contributed by atoms with E-state index in [4.69, 9.17) is 9.72 Å². The summed E-state index contributed by atoms with van der Waals surface area (Å²) >= 11 is 1.49. The summed E-state index contributed by atoms with van der Waals surface area (Å²) in [6, 6.07) is 17.5. The van der Waals surface area contributed by atoms with Crippen molar-refractivity contribution in [2.24, 2.45) is 5.92 Å². The Bertz CT molecular complexity index is 1410. The van der Waals surface area contributed by atoms with Crippen LogP contribution in [0.15, 0.2) is 54.6 Å². The maximum absolute atomic E-state index is 13.6. The third-order valence-electron chi connectivity index (χ3n) is 6.44. The van der Waals surface area contributed by atoms with Gasteiger partial charge in [-0.2, -0.15) is 0 Å². The molecule has 0 radical (unpaired) electrons. The molecule has 0 bridgehead atoms. The number of benzene rings is 2. The molecule has 0 aliphatic heterocycles. The van der Waals surface area contributed by atoms with Gasteiger partial charge in [-0.3, -0.25) is 4.79 Å². The lowest BCUT2D eigenvalue weighted by molar-refractivity contribution is 0.0601. The van der Waals surface area contributed by atoms with E-state index >= 15 is 0 Å². The zero-order chi connectivity index (χ0) is 23.8. The summed E-state index contributed by atoms with van der Waals surface area (Å²) in [6.07, 6.45) is 2.76. The molecule has 1 N–H and O–H groups in total. The predicted octanol–water partition coefficient (Wildman–Crippen LogP) is 6.44. The van der Waals surface area contributed by atoms with Gasteiger partial charge in [0, 0.05) is 15.8 Å². The fraction of sp³-hybridized carbons (Fsp3) is 0.250. The second-order valence-electron chi connectivity index (χ2n) is 8.94. The summed E-state index contributed by atoms with van der Waals surface area (Å²) in [4.78, 5) is 32.2. The first-order valence-corrected chi connectivity index (χ1v) is 12.3. The van der Waals surface area contributed by atoms with Gasteiger partial charge in [0.1, 0.15) is 5.00 Å². The molecule has 4 aromatic rings. The van der Waals surface area contributed by atoms with Crippen LogP contribution in [0.5, 0.6) is 0 Å². The van der Waals surface area contributed by atoms with Crippen LogP contribution in [0.3, 0.4) is 0 Å². The highest BCUT2D eigenvalue weighted by atomic mass is 32.1. The smallest absolute Gasteiger partial charge is 0.341 e. The highest BCUT2D eigenvalue weighted by Gasteiger charge is 2.29. The van der Waals surface area contributed by atoms with Crippen molar-refractivity contribution in [2.45, 2.75) is 33.1 Å². The number of aryl methyl sites for hydroxylation is 1. The number of hydrogen-bond donors (Lipinski definition) is 1. The molecule has 1 unspecified atom stereocenters. The number of aromatic nitrogens is 1. The van der Waals surface area contributed by atoms with Gasteiger partial charge in [0.05, 0.1) is 29.4 Å². The van der Waals surface area contributed by atoms with E-state index in [1.54, 1.807) is 0 Å². The summed E-state index contributed by atoms with van der Waals surface area (Å²) in [6.45, 7) is 4.26. The number of nitrogens with one attached hydrogen (secondary N) is 1. The van der Waals surface area contributed by atoms with E-state index in [1.807, 2.05) is 61.5 Å². The number of ether oxygens (including phenoxy) is 1. The van der Waals surface area contributed by atoms with Crippen LogP contribution in [0.4, 0.5) is 5.00 Å². The molecule has 6 heteroatoms. The summed E-state index contributed by atoms with van der Waals surface area (Å²) in [5, 5.41) is 4.38. The van der Waals surface area contributed by atoms with Crippen molar-refractivity contribution in [3.05, 3.63) is 81.7 Å². The summed E-state index contributed by atoms with van der Waals surface area (Å²) in [7, 11) is 1.38. The predicted molar refractivity (Wildman–Crippen MR) is 137 cm³/mol. The van der Waals surface area contributed by atoms with Gasteiger partial charge >= 0.3 is 5.97 Å². The van der Waals surface area contributed by atoms with Gasteiger partial charge in [0.2, 0.25) is 0 Å². The molecule has 34 heavy (non-hydrogen) atoms. The molecule has 1 atom stereocenters. The maximum Gasteiger partial charge on any atom is 0.341 e. The first kappa shape index (κ1) is 22.3. The molecule has 2 aromatic carbocycles. The van der Waals surface area contributed by atoms with Crippen LogP contribution in [0.2, 0.25) is 0 Å². The number of carbonyl (C=O) groups excluding carboxylic acids is 2. The van der Waals surface area contributed by atoms with E-state index in [0.717, 1.165) is 57.4 Å². The third kappa shape index (κ3) is 4.10. The number of para-hydroxylation sites is 1. The fourth-order valence-corrected chi connectivity index (χ4v) is 5.96. The lowest BCUT2D eigenvalue weighted by atomic mass is 9.88. The second-order valence-corrected chi connectivity index (χ2v) is 10.0. The maximum atomic E-state index is 13.6. The van der Waals surface area contributed by atoms with Gasteiger partial charge in [-0.15, -0.1) is 11.3 Å². The lowest BCUT2D eigenvalue weighted by Gasteiger charge is -2.18. The molecule has 0 saturated carbocycles. The lowest BCUT2D eigenvalue weighted by Crippen LogP contribution is -2.16. The molecular formula is C28H26N2O3S. The first-order chi connectivity index (χ1) is 16.4. The van der Waals surface area contributed by atoms with Gasteiger partial charge in [0.25, 0.3) is 5.91 Å². The van der Waals surface area contributed by atoms with Crippen molar-refractivity contribution in [3.63, 3.8) is 0 Å². The number of esters is 1. The van der Waals surface area contributed by atoms with Crippen molar-refractivity contribution >= 4 is 39.1 Å². The molecule has 5 rings (SSSR count). The molecule has 2 aromatic heterocycles. The van der Waals surface area contributed by atoms with Gasteiger partial charge in [-0.1, -0.05) is 55.0 Å². The molecule has 1 aliphatic rings. The molecule has 0 saturated heterocycles. The third-order valence-corrected chi connectivity index (χ3v) is 7.61. The Morgan fingerprint density at radius 3 is 2.65 bits per heavy atom. The summed E-state index contributed by atoms with van der Waals surface area (Å²) < 4.78 is 5.08. The van der Waals surface area contributed by atoms with Crippen LogP contribution >= 0.6 is 11.3 Å². The Morgan fingerprint density at radius 2 is 1.88 bits per heavy atom. The molecule has 0 spiro atoms. The average molecular weight is 471 g/mol. The van der Waals surface area contributed by atoms with Crippen molar-refractivity contribution in [1.29, 1.82) is 0 Å². The Hall–Kier alpha value is -3.51. The highest BCUT2D eigenvalue weighted by molar-refractivity contribution is 7.17. The molecule has 2 heterocycles. The Kier molecular flexibility index (Phi) is 5.92. The largest absolute Gasteiger partial charge is 0.465 e. The van der Waals surface area contributed by atoms with Crippen LogP contribution in [0.25, 0.3) is 22.2 Å². The van der Waals surface area contributed by atoms with Crippen molar-refractivity contribution in [3.8, 4) is 11.3 Å². The monoisotopic (exact) mass is 470 g/mol. The SMILES string of the molecule is COC(=O)c1c(NC(=O)c2cc(-c3ccc(C)cc3)nc3ccccc23)sc2c1CCC(C)C2. The van der Waals surface area contributed by atoms with Crippen LogP contribution in [-0.4, -0.2) is 24.0 Å². The second kappa shape index (κ2) is 9.03. The minimum atomic E-state index is -0.401. The summed E-state index contributed by atoms with van der Waals surface area (Å²) in [5.74, 6) is -0.104. The highest BCUT2D eigenvalue weighted by Crippen LogP contribution is 2.40. The number of hydrogen-bond acceptors (Lipinski definition) is 5. The molecule has 0 fully saturated rings. The minimum Gasteiger partial charge on any atom is -0.465 e. The number of pyridine rings is 1. The molecular weight excluding hydrogens is 444 g/mol. The first-order valence-electron chi connectivity index (χ1n) is 11.5. The van der Waals surface area contributed by atoms with Gasteiger partial charge in [0.15, 0.2) is 0 Å². The fourth-order valence-electron chi connectivity index (χ4n) is 4.56. The Labute approximate surface area is 202 Å². The van der Waals surface area contributed by atoms with E-state index in [1.165, 1.54) is 18.4 Å². The number of carbonyl (C=O) groups is 2. The van der Waals surface area contributed by atoms with Crippen LogP contribution in [0.1, 0.15) is 50.1 Å². The minimum absolute atomic E-state index is 0.260. The molecule has 1 amide bonds. The molecule has 1 aliphatic carbocycles. The van der Waals surface area contributed by atoms with Gasteiger partial charge in [-0.25, -0.2) is 9.78 Å².